The van der Waals surface area contributed by atoms with Crippen LogP contribution in [0.2, 0.25) is 5.02 Å². The molecule has 2 aromatic carbocycles. The van der Waals surface area contributed by atoms with Crippen molar-refractivity contribution in [1.29, 1.82) is 0 Å². The van der Waals surface area contributed by atoms with E-state index in [4.69, 9.17) is 11.6 Å². The van der Waals surface area contributed by atoms with Crippen LogP contribution in [0.1, 0.15) is 47.8 Å². The van der Waals surface area contributed by atoms with E-state index in [-0.39, 0.29) is 17.6 Å². The molecule has 3 aromatic rings. The summed E-state index contributed by atoms with van der Waals surface area (Å²) < 4.78 is 1.55. The normalized spacial score (nSPS) is 16.4. The lowest BCUT2D eigenvalue weighted by molar-refractivity contribution is -0.146. The molecule has 1 atom stereocenters. The molecular weight excluding hydrogens is 390 g/mol. The minimum atomic E-state index is -1.14. The van der Waals surface area contributed by atoms with Gasteiger partial charge in [0.25, 0.3) is 5.91 Å². The predicted octanol–water partition coefficient (Wildman–Crippen LogP) is 5.14. The number of benzene rings is 2. The predicted molar refractivity (Wildman–Crippen MR) is 112 cm³/mol. The molecule has 0 bridgehead atoms. The molecule has 1 aliphatic carbocycles. The maximum absolute atomic E-state index is 13.4. The Balaban J connectivity index is 2.00. The van der Waals surface area contributed by atoms with E-state index in [0.29, 0.717) is 32.7 Å². The SMILES string of the molecule is Cc1c([C@@](C)(C(=O)O)C2CCC2)c2cc(O)ccc2n1C(=O)c1ccc(Cl)cc1. The lowest BCUT2D eigenvalue weighted by atomic mass is 9.62. The molecule has 0 spiro atoms. The van der Waals surface area contributed by atoms with Gasteiger partial charge in [-0.2, -0.15) is 0 Å². The van der Waals surface area contributed by atoms with Crippen molar-refractivity contribution in [2.75, 3.05) is 0 Å². The van der Waals surface area contributed by atoms with Gasteiger partial charge in [-0.15, -0.1) is 0 Å². The number of aliphatic carboxylic acids is 1. The number of halogens is 1. The van der Waals surface area contributed by atoms with Crippen LogP contribution in [0, 0.1) is 12.8 Å². The van der Waals surface area contributed by atoms with Gasteiger partial charge in [-0.1, -0.05) is 18.0 Å². The summed E-state index contributed by atoms with van der Waals surface area (Å²) in [5.74, 6) is -1.14. The number of phenolic OH excluding ortho intramolecular Hbond substituents is 1. The van der Waals surface area contributed by atoms with Crippen molar-refractivity contribution in [2.45, 2.75) is 38.5 Å². The minimum Gasteiger partial charge on any atom is -0.508 e. The first kappa shape index (κ1) is 19.5. The zero-order valence-electron chi connectivity index (χ0n) is 16.3. The largest absolute Gasteiger partial charge is 0.508 e. The molecule has 0 aliphatic heterocycles. The highest BCUT2D eigenvalue weighted by atomic mass is 35.5. The topological polar surface area (TPSA) is 79.5 Å². The molecule has 0 amide bonds. The lowest BCUT2D eigenvalue weighted by Crippen LogP contribution is -2.44. The summed E-state index contributed by atoms with van der Waals surface area (Å²) in [4.78, 5) is 25.8. The van der Waals surface area contributed by atoms with Gasteiger partial charge < -0.3 is 10.2 Å². The van der Waals surface area contributed by atoms with E-state index in [0.717, 1.165) is 19.3 Å². The monoisotopic (exact) mass is 411 g/mol. The standard InChI is InChI=1S/C23H22ClNO4/c1-13-20(23(2,22(28)29)15-4-3-5-15)18-12-17(26)10-11-19(18)25(13)21(27)14-6-8-16(24)9-7-14/h6-12,15,26H,3-5H2,1-2H3,(H,28,29)/t23-/m0/s1. The third-order valence-electron chi connectivity index (χ3n) is 6.37. The van der Waals surface area contributed by atoms with Gasteiger partial charge in [0.15, 0.2) is 0 Å². The third-order valence-corrected chi connectivity index (χ3v) is 6.62. The van der Waals surface area contributed by atoms with Crippen LogP contribution in [0.5, 0.6) is 5.75 Å². The second-order valence-electron chi connectivity index (χ2n) is 7.94. The summed E-state index contributed by atoms with van der Waals surface area (Å²) in [6.07, 6.45) is 2.66. The van der Waals surface area contributed by atoms with Crippen molar-refractivity contribution in [3.8, 4) is 5.75 Å². The second kappa shape index (κ2) is 6.92. The Labute approximate surface area is 173 Å². The summed E-state index contributed by atoms with van der Waals surface area (Å²) in [5.41, 5.74) is 1.09. The highest BCUT2D eigenvalue weighted by Crippen LogP contribution is 2.48. The van der Waals surface area contributed by atoms with Crippen LogP contribution < -0.4 is 0 Å². The summed E-state index contributed by atoms with van der Waals surface area (Å²) >= 11 is 5.95. The van der Waals surface area contributed by atoms with Gasteiger partial charge in [0.1, 0.15) is 5.75 Å². The number of carboxylic acid groups (broad SMARTS) is 1. The molecule has 4 rings (SSSR count). The number of phenols is 1. The van der Waals surface area contributed by atoms with Gasteiger partial charge in [0.2, 0.25) is 0 Å². The summed E-state index contributed by atoms with van der Waals surface area (Å²) in [5, 5.41) is 21.4. The van der Waals surface area contributed by atoms with Crippen molar-refractivity contribution in [3.63, 3.8) is 0 Å². The highest BCUT2D eigenvalue weighted by Gasteiger charge is 2.48. The van der Waals surface area contributed by atoms with Crippen molar-refractivity contribution < 1.29 is 19.8 Å². The molecular formula is C23H22ClNO4. The lowest BCUT2D eigenvalue weighted by Gasteiger charge is -2.40. The number of carboxylic acids is 1. The number of carbonyl (C=O) groups is 2. The second-order valence-corrected chi connectivity index (χ2v) is 8.38. The Morgan fingerprint density at radius 1 is 1.14 bits per heavy atom. The van der Waals surface area contributed by atoms with Gasteiger partial charge >= 0.3 is 5.97 Å². The van der Waals surface area contributed by atoms with Crippen molar-refractivity contribution >= 4 is 34.4 Å². The first-order valence-corrected chi connectivity index (χ1v) is 10.0. The molecule has 0 radical (unpaired) electrons. The van der Waals surface area contributed by atoms with Crippen LogP contribution in [-0.2, 0) is 10.2 Å². The number of fused-ring (bicyclic) bond motifs is 1. The van der Waals surface area contributed by atoms with Crippen LogP contribution in [-0.4, -0.2) is 26.7 Å². The molecule has 1 aliphatic rings. The molecule has 1 aromatic heterocycles. The maximum Gasteiger partial charge on any atom is 0.314 e. The molecule has 2 N–H and O–H groups in total. The summed E-state index contributed by atoms with van der Waals surface area (Å²) in [6, 6.07) is 11.3. The van der Waals surface area contributed by atoms with Gasteiger partial charge in [0, 0.05) is 21.7 Å². The molecule has 1 saturated carbocycles. The fourth-order valence-electron chi connectivity index (χ4n) is 4.52. The van der Waals surface area contributed by atoms with Gasteiger partial charge in [-0.3, -0.25) is 14.2 Å². The Bertz CT molecular complexity index is 1130. The smallest absolute Gasteiger partial charge is 0.314 e. The first-order valence-electron chi connectivity index (χ1n) is 9.63. The van der Waals surface area contributed by atoms with Crippen molar-refractivity contribution in [3.05, 3.63) is 64.3 Å². The van der Waals surface area contributed by atoms with Gasteiger partial charge in [-0.05, 0) is 80.6 Å². The highest BCUT2D eigenvalue weighted by molar-refractivity contribution is 6.30. The van der Waals surface area contributed by atoms with E-state index in [1.54, 1.807) is 54.8 Å². The van der Waals surface area contributed by atoms with E-state index in [1.165, 1.54) is 6.07 Å². The zero-order valence-corrected chi connectivity index (χ0v) is 17.0. The summed E-state index contributed by atoms with van der Waals surface area (Å²) in [6.45, 7) is 3.52. The Morgan fingerprint density at radius 3 is 2.34 bits per heavy atom. The van der Waals surface area contributed by atoms with E-state index >= 15 is 0 Å². The number of nitrogens with zero attached hydrogens (tertiary/aromatic N) is 1. The number of hydrogen-bond acceptors (Lipinski definition) is 3. The zero-order chi connectivity index (χ0) is 20.9. The number of carbonyl (C=O) groups excluding carboxylic acids is 1. The number of rotatable bonds is 4. The van der Waals surface area contributed by atoms with Crippen molar-refractivity contribution in [1.82, 2.24) is 4.57 Å². The quantitative estimate of drug-likeness (QED) is 0.623. The molecule has 0 saturated heterocycles. The Kier molecular flexibility index (Phi) is 4.66. The fourth-order valence-corrected chi connectivity index (χ4v) is 4.64. The fraction of sp³-hybridized carbons (Fsp3) is 0.304. The van der Waals surface area contributed by atoms with Gasteiger partial charge in [0.05, 0.1) is 10.9 Å². The van der Waals surface area contributed by atoms with Crippen LogP contribution in [0.4, 0.5) is 0 Å². The van der Waals surface area contributed by atoms with Crippen LogP contribution in [0.25, 0.3) is 10.9 Å². The minimum absolute atomic E-state index is 0.00858. The molecule has 29 heavy (non-hydrogen) atoms. The molecule has 1 fully saturated rings. The van der Waals surface area contributed by atoms with Crippen molar-refractivity contribution in [2.24, 2.45) is 5.92 Å². The van der Waals surface area contributed by atoms with Crippen LogP contribution in [0.15, 0.2) is 42.5 Å². The average molecular weight is 412 g/mol. The first-order chi connectivity index (χ1) is 13.7. The maximum atomic E-state index is 13.4. The average Bonchev–Trinajstić information content (AvgIpc) is 2.91. The Morgan fingerprint density at radius 2 is 1.79 bits per heavy atom. The number of aromatic hydroxyl groups is 1. The van der Waals surface area contributed by atoms with E-state index < -0.39 is 11.4 Å². The molecule has 6 heteroatoms. The van der Waals surface area contributed by atoms with Gasteiger partial charge in [-0.25, -0.2) is 0 Å². The third kappa shape index (κ3) is 2.92. The molecule has 1 heterocycles. The van der Waals surface area contributed by atoms with Crippen LogP contribution in [0.3, 0.4) is 0 Å². The molecule has 5 nitrogen and oxygen atoms in total. The van der Waals surface area contributed by atoms with Crippen LogP contribution >= 0.6 is 11.6 Å². The summed E-state index contributed by atoms with van der Waals surface area (Å²) in [7, 11) is 0. The van der Waals surface area contributed by atoms with E-state index in [2.05, 4.69) is 0 Å². The number of hydrogen-bond donors (Lipinski definition) is 2. The van der Waals surface area contributed by atoms with E-state index in [9.17, 15) is 19.8 Å². The molecule has 150 valence electrons. The Hall–Kier alpha value is -2.79. The van der Waals surface area contributed by atoms with E-state index in [1.807, 2.05) is 0 Å². The number of aromatic nitrogens is 1. The molecule has 0 unspecified atom stereocenters.